The van der Waals surface area contributed by atoms with Gasteiger partial charge in [-0.2, -0.15) is 0 Å². The van der Waals surface area contributed by atoms with Gasteiger partial charge in [-0.25, -0.2) is 0 Å². The minimum Gasteiger partial charge on any atom is -0.398 e. The maximum atomic E-state index is 5.72. The van der Waals surface area contributed by atoms with E-state index in [0.29, 0.717) is 0 Å². The molecule has 1 aromatic rings. The second kappa shape index (κ2) is 9.97. The van der Waals surface area contributed by atoms with E-state index >= 15 is 0 Å². The van der Waals surface area contributed by atoms with Gasteiger partial charge >= 0.3 is 19.5 Å². The zero-order chi connectivity index (χ0) is 11.8. The Hall–Kier alpha value is -0.00662. The third-order valence-electron chi connectivity index (χ3n) is 2.91. The number of anilines is 1. The summed E-state index contributed by atoms with van der Waals surface area (Å²) in [5.74, 6) is 0. The summed E-state index contributed by atoms with van der Waals surface area (Å²) in [6.45, 7) is 2.25. The predicted molar refractivity (Wildman–Crippen MR) is 75.2 cm³/mol. The normalized spacial score (nSPS) is 10.0. The van der Waals surface area contributed by atoms with Crippen LogP contribution in [0.5, 0.6) is 0 Å². The van der Waals surface area contributed by atoms with Crippen molar-refractivity contribution in [2.45, 2.75) is 56.8 Å². The molecule has 0 fully saturated rings. The van der Waals surface area contributed by atoms with E-state index in [9.17, 15) is 0 Å². The van der Waals surface area contributed by atoms with Crippen molar-refractivity contribution in [3.63, 3.8) is 0 Å². The average Bonchev–Trinajstić information content (AvgIpc) is 2.28. The zero-order valence-corrected chi connectivity index (χ0v) is 14.8. The van der Waals surface area contributed by atoms with Crippen LogP contribution < -0.4 is 5.73 Å². The second-order valence-corrected chi connectivity index (χ2v) is 4.89. The molecule has 0 aliphatic rings. The summed E-state index contributed by atoms with van der Waals surface area (Å²) >= 11 is 4.33. The van der Waals surface area contributed by atoms with Gasteiger partial charge < -0.3 is 5.73 Å². The van der Waals surface area contributed by atoms with Gasteiger partial charge in [0, 0.05) is 10.6 Å². The smallest absolute Gasteiger partial charge is 0.398 e. The average molecular weight is 303 g/mol. The first-order chi connectivity index (χ1) is 7.74. The molecule has 2 N–H and O–H groups in total. The number of unbranched alkanes of at least 4 members (excludes halogenated alkanes) is 5. The molecule has 0 aliphatic carbocycles. The molecule has 0 unspecified atom stereocenters. The van der Waals surface area contributed by atoms with Crippen LogP contribution in [0, 0.1) is 0 Å². The molecule has 90 valence electrons. The van der Waals surface area contributed by atoms with Gasteiger partial charge in [-0.1, -0.05) is 45.1 Å². The summed E-state index contributed by atoms with van der Waals surface area (Å²) in [5, 5.41) is 0. The van der Waals surface area contributed by atoms with Crippen LogP contribution in [0.15, 0.2) is 23.1 Å². The molecule has 0 atom stereocenters. The van der Waals surface area contributed by atoms with Crippen LogP contribution in [0.2, 0.25) is 0 Å². The third kappa shape index (κ3) is 7.11. The summed E-state index contributed by atoms with van der Waals surface area (Å²) in [5.41, 5.74) is 7.85. The molecule has 1 rings (SSSR count). The first-order valence-corrected chi connectivity index (χ1v) is 6.76. The van der Waals surface area contributed by atoms with Gasteiger partial charge in [-0.15, -0.1) is 12.6 Å². The maximum Gasteiger partial charge on any atom is 2.00 e. The van der Waals surface area contributed by atoms with Crippen molar-refractivity contribution in [2.75, 3.05) is 5.73 Å². The molecule has 0 saturated carbocycles. The Morgan fingerprint density at radius 3 is 2.35 bits per heavy atom. The molecule has 0 amide bonds. The van der Waals surface area contributed by atoms with Crippen molar-refractivity contribution in [1.29, 1.82) is 0 Å². The Kier molecular flexibility index (Phi) is 9.96. The quantitative estimate of drug-likeness (QED) is 0.331. The molecule has 17 heavy (non-hydrogen) atoms. The Balaban J connectivity index is 0.00000256. The monoisotopic (exact) mass is 301 g/mol. The summed E-state index contributed by atoms with van der Waals surface area (Å²) < 4.78 is 0. The Bertz CT molecular complexity index is 315. The van der Waals surface area contributed by atoms with Crippen molar-refractivity contribution in [2.24, 2.45) is 0 Å². The Labute approximate surface area is 124 Å². The molecule has 3 heteroatoms. The van der Waals surface area contributed by atoms with E-state index in [4.69, 9.17) is 5.73 Å². The van der Waals surface area contributed by atoms with Crippen LogP contribution in [0.4, 0.5) is 5.69 Å². The molecular weight excluding hydrogens is 280 g/mol. The summed E-state index contributed by atoms with van der Waals surface area (Å²) in [4.78, 5) is 0.906. The van der Waals surface area contributed by atoms with Crippen molar-refractivity contribution < 1.29 is 19.5 Å². The maximum absolute atomic E-state index is 5.72. The fourth-order valence-corrected chi connectivity index (χ4v) is 2.09. The van der Waals surface area contributed by atoms with Crippen molar-refractivity contribution >= 4 is 18.3 Å². The molecule has 1 nitrogen and oxygen atoms in total. The Morgan fingerprint density at radius 2 is 1.71 bits per heavy atom. The number of nitrogen functional groups attached to an aromatic ring is 1. The van der Waals surface area contributed by atoms with Gasteiger partial charge in [0.2, 0.25) is 0 Å². The van der Waals surface area contributed by atoms with Crippen LogP contribution in [-0.2, 0) is 25.9 Å². The molecule has 0 aromatic heterocycles. The summed E-state index contributed by atoms with van der Waals surface area (Å²) in [6.07, 6.45) is 9.23. The molecular formula is C14H23NSZn+2. The number of aryl methyl sites for hydroxylation is 1. The van der Waals surface area contributed by atoms with E-state index in [1.165, 1.54) is 44.1 Å². The second-order valence-electron chi connectivity index (χ2n) is 4.41. The van der Waals surface area contributed by atoms with Crippen molar-refractivity contribution in [3.8, 4) is 0 Å². The van der Waals surface area contributed by atoms with Crippen molar-refractivity contribution in [1.82, 2.24) is 0 Å². The van der Waals surface area contributed by atoms with E-state index < -0.39 is 0 Å². The fourth-order valence-electron chi connectivity index (χ4n) is 1.85. The van der Waals surface area contributed by atoms with E-state index in [0.717, 1.165) is 17.0 Å². The number of hydrogen-bond acceptors (Lipinski definition) is 2. The number of hydrogen-bond donors (Lipinski definition) is 2. The Morgan fingerprint density at radius 1 is 1.06 bits per heavy atom. The van der Waals surface area contributed by atoms with Crippen LogP contribution in [0.1, 0.15) is 51.0 Å². The first kappa shape index (κ1) is 17.0. The van der Waals surface area contributed by atoms with Gasteiger partial charge in [-0.3, -0.25) is 0 Å². The van der Waals surface area contributed by atoms with Crippen LogP contribution in [0.25, 0.3) is 0 Å². The topological polar surface area (TPSA) is 26.0 Å². The predicted octanol–water partition coefficient (Wildman–Crippen LogP) is 4.46. The van der Waals surface area contributed by atoms with Crippen LogP contribution in [-0.4, -0.2) is 0 Å². The standard InChI is InChI=1S/C14H23NS.Zn/c1-2-3-4-5-6-7-8-12-9-10-13(15)14(16)11-12;/h9-11,16H,2-8,15H2,1H3;/q;+2. The van der Waals surface area contributed by atoms with E-state index in [-0.39, 0.29) is 19.5 Å². The van der Waals surface area contributed by atoms with Crippen LogP contribution >= 0.6 is 12.6 Å². The van der Waals surface area contributed by atoms with Crippen molar-refractivity contribution in [3.05, 3.63) is 23.8 Å². The largest absolute Gasteiger partial charge is 2.00 e. The molecule has 0 saturated heterocycles. The molecule has 0 spiro atoms. The minimum absolute atomic E-state index is 0. The minimum atomic E-state index is 0. The molecule has 0 bridgehead atoms. The van der Waals surface area contributed by atoms with Gasteiger partial charge in [0.25, 0.3) is 0 Å². The number of thiol groups is 1. The number of rotatable bonds is 7. The molecule has 0 radical (unpaired) electrons. The number of benzene rings is 1. The third-order valence-corrected chi connectivity index (χ3v) is 3.30. The zero-order valence-electron chi connectivity index (χ0n) is 10.9. The first-order valence-electron chi connectivity index (χ1n) is 6.31. The van der Waals surface area contributed by atoms with Gasteiger partial charge in [0.1, 0.15) is 0 Å². The summed E-state index contributed by atoms with van der Waals surface area (Å²) in [7, 11) is 0. The van der Waals surface area contributed by atoms with Gasteiger partial charge in [0.05, 0.1) is 0 Å². The molecule has 0 heterocycles. The van der Waals surface area contributed by atoms with Gasteiger partial charge in [-0.05, 0) is 30.5 Å². The van der Waals surface area contributed by atoms with Gasteiger partial charge in [0.15, 0.2) is 0 Å². The van der Waals surface area contributed by atoms with E-state index in [1.807, 2.05) is 6.07 Å². The van der Waals surface area contributed by atoms with Crippen LogP contribution in [0.3, 0.4) is 0 Å². The molecule has 1 aromatic carbocycles. The van der Waals surface area contributed by atoms with E-state index in [2.05, 4.69) is 31.7 Å². The number of nitrogens with two attached hydrogens (primary N) is 1. The summed E-state index contributed by atoms with van der Waals surface area (Å²) in [6, 6.07) is 6.15. The van der Waals surface area contributed by atoms with E-state index in [1.54, 1.807) is 0 Å². The molecule has 0 aliphatic heterocycles. The fraction of sp³-hybridized carbons (Fsp3) is 0.571. The SMILES string of the molecule is CCCCCCCCc1ccc(N)c(S)c1.[Zn+2].